The second kappa shape index (κ2) is 7.78. The number of methoxy groups -OCH3 is 1. The van der Waals surface area contributed by atoms with E-state index in [4.69, 9.17) is 4.74 Å². The summed E-state index contributed by atoms with van der Waals surface area (Å²) in [5.74, 6) is -0.171. The summed E-state index contributed by atoms with van der Waals surface area (Å²) in [6.07, 6.45) is 0. The molecule has 2 aromatic carbocycles. The molecule has 0 atom stereocenters. The van der Waals surface area contributed by atoms with Crippen molar-refractivity contribution >= 4 is 33.5 Å². The van der Waals surface area contributed by atoms with Gasteiger partial charge in [0.2, 0.25) is 0 Å². The standard InChI is InChI=1S/C17H16BrNO4/c1-11-6-7-12(17(21)22-2)8-15(11)19-16(20)10-23-14-5-3-4-13(18)9-14/h3-9H,10H2,1-2H3,(H,19,20). The summed E-state index contributed by atoms with van der Waals surface area (Å²) < 4.78 is 11.0. The zero-order valence-corrected chi connectivity index (χ0v) is 14.3. The quantitative estimate of drug-likeness (QED) is 0.809. The van der Waals surface area contributed by atoms with Gasteiger partial charge in [0.05, 0.1) is 12.7 Å². The predicted octanol–water partition coefficient (Wildman–Crippen LogP) is 3.56. The topological polar surface area (TPSA) is 64.6 Å². The molecule has 0 aliphatic rings. The number of carbonyl (C=O) groups excluding carboxylic acids is 2. The minimum atomic E-state index is -0.453. The van der Waals surface area contributed by atoms with E-state index in [0.29, 0.717) is 17.0 Å². The first-order chi connectivity index (χ1) is 11.0. The molecule has 0 saturated heterocycles. The monoisotopic (exact) mass is 377 g/mol. The maximum absolute atomic E-state index is 12.0. The molecule has 0 aliphatic carbocycles. The van der Waals surface area contributed by atoms with E-state index in [0.717, 1.165) is 10.0 Å². The van der Waals surface area contributed by atoms with E-state index in [-0.39, 0.29) is 12.5 Å². The summed E-state index contributed by atoms with van der Waals surface area (Å²) in [5.41, 5.74) is 1.77. The summed E-state index contributed by atoms with van der Waals surface area (Å²) in [7, 11) is 1.31. The van der Waals surface area contributed by atoms with Crippen molar-refractivity contribution in [3.8, 4) is 5.75 Å². The van der Waals surface area contributed by atoms with E-state index in [9.17, 15) is 9.59 Å². The Balaban J connectivity index is 2.01. The SMILES string of the molecule is COC(=O)c1ccc(C)c(NC(=O)COc2cccc(Br)c2)c1. The van der Waals surface area contributed by atoms with E-state index in [1.807, 2.05) is 19.1 Å². The van der Waals surface area contributed by atoms with Crippen molar-refractivity contribution in [2.75, 3.05) is 19.0 Å². The molecule has 5 nitrogen and oxygen atoms in total. The van der Waals surface area contributed by atoms with Gasteiger partial charge in [-0.1, -0.05) is 28.1 Å². The number of hydrogen-bond acceptors (Lipinski definition) is 4. The molecular formula is C17H16BrNO4. The number of rotatable bonds is 5. The van der Waals surface area contributed by atoms with Crippen LogP contribution in [0.1, 0.15) is 15.9 Å². The molecule has 0 aromatic heterocycles. The number of nitrogens with one attached hydrogen (secondary N) is 1. The second-order valence-corrected chi connectivity index (χ2v) is 5.73. The van der Waals surface area contributed by atoms with Gasteiger partial charge in [-0.15, -0.1) is 0 Å². The lowest BCUT2D eigenvalue weighted by molar-refractivity contribution is -0.118. The summed E-state index contributed by atoms with van der Waals surface area (Å²) in [6.45, 7) is 1.71. The van der Waals surface area contributed by atoms with Crippen LogP contribution in [0, 0.1) is 6.92 Å². The molecule has 0 aliphatic heterocycles. The van der Waals surface area contributed by atoms with E-state index < -0.39 is 5.97 Å². The molecular weight excluding hydrogens is 362 g/mol. The number of benzene rings is 2. The fourth-order valence-electron chi connectivity index (χ4n) is 1.89. The first-order valence-corrected chi connectivity index (χ1v) is 7.66. The van der Waals surface area contributed by atoms with Gasteiger partial charge in [-0.05, 0) is 42.8 Å². The van der Waals surface area contributed by atoms with Gasteiger partial charge in [-0.2, -0.15) is 0 Å². The fraction of sp³-hybridized carbons (Fsp3) is 0.176. The van der Waals surface area contributed by atoms with E-state index in [1.54, 1.807) is 30.3 Å². The number of ether oxygens (including phenoxy) is 2. The Bertz CT molecular complexity index is 730. The highest BCUT2D eigenvalue weighted by atomic mass is 79.9. The Morgan fingerprint density at radius 2 is 1.96 bits per heavy atom. The van der Waals surface area contributed by atoms with Crippen LogP contribution in [0.4, 0.5) is 5.69 Å². The number of amides is 1. The lowest BCUT2D eigenvalue weighted by Gasteiger charge is -2.11. The molecule has 0 fully saturated rings. The van der Waals surface area contributed by atoms with Crippen molar-refractivity contribution < 1.29 is 19.1 Å². The Morgan fingerprint density at radius 1 is 1.17 bits per heavy atom. The molecule has 1 N–H and O–H groups in total. The third kappa shape index (κ3) is 4.82. The van der Waals surface area contributed by atoms with Crippen LogP contribution in [-0.4, -0.2) is 25.6 Å². The molecule has 0 bridgehead atoms. The largest absolute Gasteiger partial charge is 0.484 e. The summed E-state index contributed by atoms with van der Waals surface area (Å²) >= 11 is 3.34. The van der Waals surface area contributed by atoms with Gasteiger partial charge in [0.1, 0.15) is 5.75 Å². The Hall–Kier alpha value is -2.34. The Labute approximate surface area is 142 Å². The van der Waals surface area contributed by atoms with Crippen LogP contribution in [0.15, 0.2) is 46.9 Å². The van der Waals surface area contributed by atoms with Crippen LogP contribution in [0.3, 0.4) is 0 Å². The first-order valence-electron chi connectivity index (χ1n) is 6.87. The van der Waals surface area contributed by atoms with Crippen LogP contribution in [0.25, 0.3) is 0 Å². The number of halogens is 1. The molecule has 23 heavy (non-hydrogen) atoms. The van der Waals surface area contributed by atoms with Crippen molar-refractivity contribution in [2.45, 2.75) is 6.92 Å². The highest BCUT2D eigenvalue weighted by Gasteiger charge is 2.11. The van der Waals surface area contributed by atoms with Crippen molar-refractivity contribution in [3.63, 3.8) is 0 Å². The zero-order chi connectivity index (χ0) is 16.8. The summed E-state index contributed by atoms with van der Waals surface area (Å²) in [6, 6.07) is 12.2. The van der Waals surface area contributed by atoms with E-state index in [1.165, 1.54) is 7.11 Å². The summed E-state index contributed by atoms with van der Waals surface area (Å²) in [5, 5.41) is 2.73. The number of hydrogen-bond donors (Lipinski definition) is 1. The minimum absolute atomic E-state index is 0.127. The van der Waals surface area contributed by atoms with Gasteiger partial charge in [0.15, 0.2) is 6.61 Å². The van der Waals surface area contributed by atoms with Crippen molar-refractivity contribution in [1.29, 1.82) is 0 Å². The molecule has 0 heterocycles. The van der Waals surface area contributed by atoms with Crippen molar-refractivity contribution in [3.05, 3.63) is 58.1 Å². The Kier molecular flexibility index (Phi) is 5.76. The molecule has 1 amide bonds. The van der Waals surface area contributed by atoms with Gasteiger partial charge in [0, 0.05) is 10.2 Å². The molecule has 0 radical (unpaired) electrons. The number of aryl methyl sites for hydroxylation is 1. The van der Waals surface area contributed by atoms with Crippen molar-refractivity contribution in [1.82, 2.24) is 0 Å². The number of carbonyl (C=O) groups is 2. The molecule has 0 saturated carbocycles. The lowest BCUT2D eigenvalue weighted by atomic mass is 10.1. The molecule has 0 spiro atoms. The van der Waals surface area contributed by atoms with Crippen LogP contribution >= 0.6 is 15.9 Å². The highest BCUT2D eigenvalue weighted by Crippen LogP contribution is 2.19. The highest BCUT2D eigenvalue weighted by molar-refractivity contribution is 9.10. The van der Waals surface area contributed by atoms with Crippen LogP contribution in [0.2, 0.25) is 0 Å². The smallest absolute Gasteiger partial charge is 0.337 e. The van der Waals surface area contributed by atoms with Crippen molar-refractivity contribution in [2.24, 2.45) is 0 Å². The Morgan fingerprint density at radius 3 is 2.65 bits per heavy atom. The predicted molar refractivity (Wildman–Crippen MR) is 90.8 cm³/mol. The van der Waals surface area contributed by atoms with Crippen LogP contribution in [-0.2, 0) is 9.53 Å². The lowest BCUT2D eigenvalue weighted by Crippen LogP contribution is -2.21. The molecule has 6 heteroatoms. The number of esters is 1. The van der Waals surface area contributed by atoms with Gasteiger partial charge in [-0.25, -0.2) is 4.79 Å². The van der Waals surface area contributed by atoms with Gasteiger partial charge in [0.25, 0.3) is 5.91 Å². The van der Waals surface area contributed by atoms with Gasteiger partial charge in [-0.3, -0.25) is 4.79 Å². The second-order valence-electron chi connectivity index (χ2n) is 4.82. The normalized spacial score (nSPS) is 10.0. The average molecular weight is 378 g/mol. The third-order valence-electron chi connectivity index (χ3n) is 3.10. The molecule has 120 valence electrons. The fourth-order valence-corrected chi connectivity index (χ4v) is 2.27. The third-order valence-corrected chi connectivity index (χ3v) is 3.59. The maximum atomic E-state index is 12.0. The molecule has 0 unspecified atom stereocenters. The van der Waals surface area contributed by atoms with Gasteiger partial charge >= 0.3 is 5.97 Å². The maximum Gasteiger partial charge on any atom is 0.337 e. The van der Waals surface area contributed by atoms with E-state index in [2.05, 4.69) is 26.0 Å². The zero-order valence-electron chi connectivity index (χ0n) is 12.8. The first kappa shape index (κ1) is 17.0. The molecule has 2 aromatic rings. The molecule has 2 rings (SSSR count). The number of anilines is 1. The van der Waals surface area contributed by atoms with E-state index >= 15 is 0 Å². The van der Waals surface area contributed by atoms with Crippen LogP contribution in [0.5, 0.6) is 5.75 Å². The average Bonchev–Trinajstić information content (AvgIpc) is 2.54. The minimum Gasteiger partial charge on any atom is -0.484 e. The van der Waals surface area contributed by atoms with Crippen LogP contribution < -0.4 is 10.1 Å². The van der Waals surface area contributed by atoms with Gasteiger partial charge < -0.3 is 14.8 Å². The summed E-state index contributed by atoms with van der Waals surface area (Å²) in [4.78, 5) is 23.6.